The van der Waals surface area contributed by atoms with Gasteiger partial charge in [-0.3, -0.25) is 14.7 Å². The van der Waals surface area contributed by atoms with Crippen LogP contribution in [0.5, 0.6) is 0 Å². The van der Waals surface area contributed by atoms with Gasteiger partial charge in [0.25, 0.3) is 0 Å². The van der Waals surface area contributed by atoms with Crippen molar-refractivity contribution in [3.05, 3.63) is 66.0 Å². The van der Waals surface area contributed by atoms with Gasteiger partial charge in [0.15, 0.2) is 0 Å². The SMILES string of the molecule is Cl.Cl.Cl.NC(Cc1ccccc1)C(=O)N1CCN(Cc2ccccn2)CC1. The summed E-state index contributed by atoms with van der Waals surface area (Å²) in [7, 11) is 0. The van der Waals surface area contributed by atoms with Crippen molar-refractivity contribution in [3.8, 4) is 0 Å². The van der Waals surface area contributed by atoms with E-state index in [1.54, 1.807) is 0 Å². The predicted molar refractivity (Wildman–Crippen MR) is 116 cm³/mol. The van der Waals surface area contributed by atoms with Crippen molar-refractivity contribution in [2.24, 2.45) is 5.73 Å². The fraction of sp³-hybridized carbons (Fsp3) is 0.368. The number of hydrogen-bond acceptors (Lipinski definition) is 4. The highest BCUT2D eigenvalue weighted by atomic mass is 35.5. The van der Waals surface area contributed by atoms with Crippen molar-refractivity contribution in [3.63, 3.8) is 0 Å². The number of rotatable bonds is 5. The number of carbonyl (C=O) groups excluding carboxylic acids is 1. The number of nitrogens with zero attached hydrogens (tertiary/aromatic N) is 3. The van der Waals surface area contributed by atoms with Gasteiger partial charge in [-0.2, -0.15) is 0 Å². The van der Waals surface area contributed by atoms with Crippen LogP contribution in [0.25, 0.3) is 0 Å². The van der Waals surface area contributed by atoms with Crippen molar-refractivity contribution in [1.82, 2.24) is 14.8 Å². The Balaban J connectivity index is 0.00000225. The molecular weight excluding hydrogens is 407 g/mol. The molecule has 27 heavy (non-hydrogen) atoms. The van der Waals surface area contributed by atoms with Crippen LogP contribution < -0.4 is 5.73 Å². The molecule has 2 N–H and O–H groups in total. The van der Waals surface area contributed by atoms with Crippen LogP contribution in [0.3, 0.4) is 0 Å². The fourth-order valence-electron chi connectivity index (χ4n) is 3.04. The lowest BCUT2D eigenvalue weighted by atomic mass is 10.1. The van der Waals surface area contributed by atoms with Crippen molar-refractivity contribution in [1.29, 1.82) is 0 Å². The number of benzene rings is 1. The molecule has 1 aliphatic heterocycles. The molecule has 2 aromatic rings. The highest BCUT2D eigenvalue weighted by molar-refractivity contribution is 5.86. The molecule has 1 aromatic carbocycles. The Morgan fingerprint density at radius 2 is 1.59 bits per heavy atom. The summed E-state index contributed by atoms with van der Waals surface area (Å²) in [6, 6.07) is 15.4. The summed E-state index contributed by atoms with van der Waals surface area (Å²) in [6.45, 7) is 4.02. The number of hydrogen-bond donors (Lipinski definition) is 1. The second kappa shape index (κ2) is 12.9. The maximum Gasteiger partial charge on any atom is 0.239 e. The molecule has 1 aliphatic rings. The number of halogens is 3. The van der Waals surface area contributed by atoms with Crippen LogP contribution in [0, 0.1) is 0 Å². The highest BCUT2D eigenvalue weighted by Gasteiger charge is 2.25. The van der Waals surface area contributed by atoms with Gasteiger partial charge in [-0.05, 0) is 24.1 Å². The third-order valence-electron chi connectivity index (χ3n) is 4.41. The van der Waals surface area contributed by atoms with Crippen molar-refractivity contribution < 1.29 is 4.79 Å². The van der Waals surface area contributed by atoms with Crippen LogP contribution in [-0.2, 0) is 17.8 Å². The van der Waals surface area contributed by atoms with E-state index >= 15 is 0 Å². The molecule has 1 fully saturated rings. The van der Waals surface area contributed by atoms with Gasteiger partial charge in [-0.1, -0.05) is 36.4 Å². The quantitative estimate of drug-likeness (QED) is 0.787. The molecule has 0 aliphatic carbocycles. The Hall–Kier alpha value is -1.37. The van der Waals surface area contributed by atoms with Crippen LogP contribution >= 0.6 is 37.2 Å². The lowest BCUT2D eigenvalue weighted by Gasteiger charge is -2.35. The average molecular weight is 434 g/mol. The Kier molecular flexibility index (Phi) is 12.3. The van der Waals surface area contributed by atoms with Crippen molar-refractivity contribution in [2.45, 2.75) is 19.0 Å². The minimum atomic E-state index is -0.463. The fourth-order valence-corrected chi connectivity index (χ4v) is 3.04. The summed E-state index contributed by atoms with van der Waals surface area (Å²) in [5.41, 5.74) is 8.29. The number of amides is 1. The third-order valence-corrected chi connectivity index (χ3v) is 4.41. The number of nitrogens with two attached hydrogens (primary N) is 1. The number of carbonyl (C=O) groups is 1. The molecule has 8 heteroatoms. The summed E-state index contributed by atoms with van der Waals surface area (Å²) >= 11 is 0. The van der Waals surface area contributed by atoms with Crippen LogP contribution in [0.4, 0.5) is 0 Å². The van der Waals surface area contributed by atoms with E-state index in [9.17, 15) is 4.79 Å². The molecule has 5 nitrogen and oxygen atoms in total. The van der Waals surface area contributed by atoms with E-state index in [2.05, 4.69) is 9.88 Å². The van der Waals surface area contributed by atoms with Gasteiger partial charge in [0.1, 0.15) is 0 Å². The maximum absolute atomic E-state index is 12.5. The van der Waals surface area contributed by atoms with Gasteiger partial charge >= 0.3 is 0 Å². The Morgan fingerprint density at radius 3 is 2.19 bits per heavy atom. The van der Waals surface area contributed by atoms with Gasteiger partial charge in [-0.15, -0.1) is 37.2 Å². The molecule has 0 radical (unpaired) electrons. The Labute approximate surface area is 179 Å². The van der Waals surface area contributed by atoms with E-state index in [1.807, 2.05) is 59.6 Å². The molecule has 1 amide bonds. The second-order valence-corrected chi connectivity index (χ2v) is 6.22. The monoisotopic (exact) mass is 432 g/mol. The first-order valence-electron chi connectivity index (χ1n) is 8.43. The summed E-state index contributed by atoms with van der Waals surface area (Å²) in [5.74, 6) is 0.0522. The molecular formula is C19H27Cl3N4O. The molecule has 0 spiro atoms. The Morgan fingerprint density at radius 1 is 0.963 bits per heavy atom. The minimum Gasteiger partial charge on any atom is -0.339 e. The van der Waals surface area contributed by atoms with Gasteiger partial charge in [0.05, 0.1) is 11.7 Å². The largest absolute Gasteiger partial charge is 0.339 e. The predicted octanol–water partition coefficient (Wildman–Crippen LogP) is 2.56. The molecule has 1 atom stereocenters. The average Bonchev–Trinajstić information content (AvgIpc) is 2.63. The summed E-state index contributed by atoms with van der Waals surface area (Å²) in [4.78, 5) is 21.1. The first-order valence-corrected chi connectivity index (χ1v) is 8.43. The summed E-state index contributed by atoms with van der Waals surface area (Å²) in [5, 5.41) is 0. The molecule has 150 valence electrons. The maximum atomic E-state index is 12.5. The van der Waals surface area contributed by atoms with Crippen molar-refractivity contribution >= 4 is 43.1 Å². The molecule has 1 saturated heterocycles. The molecule has 1 unspecified atom stereocenters. The van der Waals surface area contributed by atoms with Crippen LogP contribution in [0.15, 0.2) is 54.7 Å². The van der Waals surface area contributed by atoms with E-state index < -0.39 is 6.04 Å². The number of pyridine rings is 1. The topological polar surface area (TPSA) is 62.5 Å². The third kappa shape index (κ3) is 7.64. The van der Waals surface area contributed by atoms with E-state index in [4.69, 9.17) is 5.73 Å². The van der Waals surface area contributed by atoms with Gasteiger partial charge in [0.2, 0.25) is 5.91 Å². The van der Waals surface area contributed by atoms with Gasteiger partial charge < -0.3 is 10.6 Å². The first kappa shape index (κ1) is 25.6. The lowest BCUT2D eigenvalue weighted by Crippen LogP contribution is -2.53. The molecule has 2 heterocycles. The molecule has 0 bridgehead atoms. The smallest absolute Gasteiger partial charge is 0.239 e. The zero-order chi connectivity index (χ0) is 16.8. The standard InChI is InChI=1S/C19H24N4O.3ClH/c20-18(14-16-6-2-1-3-7-16)19(24)23-12-10-22(11-13-23)15-17-8-4-5-9-21-17;;;/h1-9,18H,10-15,20H2;3*1H. The Bertz CT molecular complexity index is 653. The number of piperazine rings is 1. The van der Waals surface area contributed by atoms with E-state index in [0.29, 0.717) is 6.42 Å². The second-order valence-electron chi connectivity index (χ2n) is 6.22. The van der Waals surface area contributed by atoms with Gasteiger partial charge in [-0.25, -0.2) is 0 Å². The van der Waals surface area contributed by atoms with Gasteiger partial charge in [0, 0.05) is 38.9 Å². The minimum absolute atomic E-state index is 0. The normalized spacial score (nSPS) is 14.9. The zero-order valence-electron chi connectivity index (χ0n) is 15.1. The van der Waals surface area contributed by atoms with Crippen LogP contribution in [-0.4, -0.2) is 52.9 Å². The van der Waals surface area contributed by atoms with E-state index in [1.165, 1.54) is 0 Å². The molecule has 0 saturated carbocycles. The molecule has 3 rings (SSSR count). The van der Waals surface area contributed by atoms with E-state index in [-0.39, 0.29) is 43.1 Å². The summed E-state index contributed by atoms with van der Waals surface area (Å²) in [6.07, 6.45) is 2.41. The van der Waals surface area contributed by atoms with E-state index in [0.717, 1.165) is 44.0 Å². The molecule has 1 aromatic heterocycles. The van der Waals surface area contributed by atoms with Crippen molar-refractivity contribution in [2.75, 3.05) is 26.2 Å². The zero-order valence-corrected chi connectivity index (χ0v) is 17.5. The lowest BCUT2D eigenvalue weighted by molar-refractivity contribution is -0.134. The number of aromatic nitrogens is 1. The first-order chi connectivity index (χ1) is 11.7. The van der Waals surface area contributed by atoms with Crippen LogP contribution in [0.2, 0.25) is 0 Å². The van der Waals surface area contributed by atoms with Crippen LogP contribution in [0.1, 0.15) is 11.3 Å². The highest BCUT2D eigenvalue weighted by Crippen LogP contribution is 2.09. The summed E-state index contributed by atoms with van der Waals surface area (Å²) < 4.78 is 0.